The molecule has 0 saturated heterocycles. The maximum absolute atomic E-state index is 4.54. The molecule has 4 heteroatoms. The van der Waals surface area contributed by atoms with Crippen LogP contribution in [0.15, 0.2) is 30.5 Å². The van der Waals surface area contributed by atoms with Gasteiger partial charge in [0.15, 0.2) is 5.13 Å². The van der Waals surface area contributed by atoms with Gasteiger partial charge in [-0.2, -0.15) is 0 Å². The monoisotopic (exact) mass is 287 g/mol. The Bertz CT molecular complexity index is 557. The Morgan fingerprint density at radius 2 is 2.05 bits per heavy atom. The number of anilines is 2. The largest absolute Gasteiger partial charge is 0.321 e. The average molecular weight is 287 g/mol. The van der Waals surface area contributed by atoms with Gasteiger partial charge in [-0.1, -0.05) is 19.1 Å². The van der Waals surface area contributed by atoms with Gasteiger partial charge in [0.05, 0.1) is 0 Å². The molecule has 1 aromatic heterocycles. The minimum atomic E-state index is 0.750. The molecule has 0 spiro atoms. The summed E-state index contributed by atoms with van der Waals surface area (Å²) in [5.41, 5.74) is 2.56. The molecule has 20 heavy (non-hydrogen) atoms. The second kappa shape index (κ2) is 5.94. The zero-order valence-electron chi connectivity index (χ0n) is 12.1. The molecule has 1 aliphatic rings. The van der Waals surface area contributed by atoms with Crippen molar-refractivity contribution >= 4 is 22.2 Å². The van der Waals surface area contributed by atoms with Crippen LogP contribution in [0.4, 0.5) is 10.8 Å². The highest BCUT2D eigenvalue weighted by atomic mass is 32.1. The van der Waals surface area contributed by atoms with E-state index in [9.17, 15) is 0 Å². The van der Waals surface area contributed by atoms with Crippen molar-refractivity contribution in [1.29, 1.82) is 0 Å². The van der Waals surface area contributed by atoms with Crippen molar-refractivity contribution in [3.63, 3.8) is 0 Å². The van der Waals surface area contributed by atoms with Crippen LogP contribution in [0.5, 0.6) is 0 Å². The number of nitrogens with one attached hydrogen (secondary N) is 1. The van der Waals surface area contributed by atoms with Gasteiger partial charge in [0.25, 0.3) is 0 Å². The number of aryl methyl sites for hydroxylation is 1. The van der Waals surface area contributed by atoms with Gasteiger partial charge < -0.3 is 10.2 Å². The van der Waals surface area contributed by atoms with Crippen molar-refractivity contribution in [2.75, 3.05) is 11.9 Å². The summed E-state index contributed by atoms with van der Waals surface area (Å²) in [5.74, 6) is 0. The van der Waals surface area contributed by atoms with Gasteiger partial charge in [0.1, 0.15) is 0 Å². The van der Waals surface area contributed by atoms with Gasteiger partial charge in [-0.15, -0.1) is 11.3 Å². The van der Waals surface area contributed by atoms with Gasteiger partial charge >= 0.3 is 0 Å². The van der Waals surface area contributed by atoms with E-state index in [0.29, 0.717) is 0 Å². The molecule has 1 saturated carbocycles. The highest BCUT2D eigenvalue weighted by molar-refractivity contribution is 7.15. The van der Waals surface area contributed by atoms with E-state index < -0.39 is 0 Å². The first-order chi connectivity index (χ1) is 9.76. The van der Waals surface area contributed by atoms with Gasteiger partial charge in [0, 0.05) is 36.4 Å². The smallest absolute Gasteiger partial charge is 0.189 e. The molecule has 0 unspecified atom stereocenters. The van der Waals surface area contributed by atoms with Crippen LogP contribution in [0.2, 0.25) is 0 Å². The van der Waals surface area contributed by atoms with Crippen LogP contribution in [-0.4, -0.2) is 18.1 Å². The fraction of sp³-hybridized carbons (Fsp3) is 0.438. The third-order valence-electron chi connectivity index (χ3n) is 3.70. The van der Waals surface area contributed by atoms with Gasteiger partial charge in [-0.05, 0) is 37.0 Å². The Kier molecular flexibility index (Phi) is 4.03. The van der Waals surface area contributed by atoms with Crippen LogP contribution < -0.4 is 10.2 Å². The molecular weight excluding hydrogens is 266 g/mol. The number of hydrogen-bond acceptors (Lipinski definition) is 4. The van der Waals surface area contributed by atoms with E-state index in [2.05, 4.69) is 53.4 Å². The van der Waals surface area contributed by atoms with Crippen LogP contribution in [0, 0.1) is 0 Å². The van der Waals surface area contributed by atoms with Crippen LogP contribution in [0.25, 0.3) is 0 Å². The third-order valence-corrected chi connectivity index (χ3v) is 4.78. The number of rotatable bonds is 6. The van der Waals surface area contributed by atoms with Gasteiger partial charge in [0.2, 0.25) is 0 Å². The SMILES string of the molecule is CCc1ccc(N(C)c2ncc(CNC3CC3)s2)cc1. The van der Waals surface area contributed by atoms with E-state index in [0.717, 1.165) is 24.1 Å². The average Bonchev–Trinajstić information content (AvgIpc) is 3.21. The van der Waals surface area contributed by atoms with Crippen molar-refractivity contribution in [2.45, 2.75) is 38.8 Å². The predicted molar refractivity (Wildman–Crippen MR) is 85.9 cm³/mol. The Hall–Kier alpha value is -1.39. The lowest BCUT2D eigenvalue weighted by atomic mass is 10.1. The standard InChI is InChI=1S/C16H21N3S/c1-3-12-4-8-14(9-5-12)19(2)16-18-11-15(20-16)10-17-13-6-7-13/h4-5,8-9,11,13,17H,3,6-7,10H2,1-2H3. The molecule has 2 aromatic rings. The third kappa shape index (κ3) is 3.19. The summed E-state index contributed by atoms with van der Waals surface area (Å²) >= 11 is 1.77. The van der Waals surface area contributed by atoms with E-state index in [1.54, 1.807) is 11.3 Å². The highest BCUT2D eigenvalue weighted by Gasteiger charge is 2.20. The molecule has 0 bridgehead atoms. The predicted octanol–water partition coefficient (Wildman–Crippen LogP) is 3.73. The lowest BCUT2D eigenvalue weighted by molar-refractivity contribution is 0.694. The zero-order chi connectivity index (χ0) is 13.9. The Morgan fingerprint density at radius 1 is 1.30 bits per heavy atom. The molecule has 3 nitrogen and oxygen atoms in total. The Balaban J connectivity index is 1.66. The topological polar surface area (TPSA) is 28.2 Å². The molecule has 1 N–H and O–H groups in total. The molecular formula is C16H21N3S. The van der Waals surface area contributed by atoms with Crippen LogP contribution >= 0.6 is 11.3 Å². The van der Waals surface area contributed by atoms with Crippen molar-refractivity contribution in [3.8, 4) is 0 Å². The minimum Gasteiger partial charge on any atom is -0.321 e. The molecule has 0 atom stereocenters. The molecule has 0 aliphatic heterocycles. The summed E-state index contributed by atoms with van der Waals surface area (Å²) in [6.07, 6.45) is 5.73. The molecule has 0 radical (unpaired) electrons. The van der Waals surface area contributed by atoms with Crippen molar-refractivity contribution < 1.29 is 0 Å². The lowest BCUT2D eigenvalue weighted by Crippen LogP contribution is -2.14. The number of thiazole rings is 1. The number of aromatic nitrogens is 1. The normalized spacial score (nSPS) is 14.5. The first kappa shape index (κ1) is 13.6. The van der Waals surface area contributed by atoms with E-state index in [1.807, 2.05) is 6.20 Å². The molecule has 1 aliphatic carbocycles. The molecule has 106 valence electrons. The fourth-order valence-electron chi connectivity index (χ4n) is 2.13. The summed E-state index contributed by atoms with van der Waals surface area (Å²) in [6.45, 7) is 3.13. The first-order valence-corrected chi connectivity index (χ1v) is 8.08. The maximum Gasteiger partial charge on any atom is 0.189 e. The Morgan fingerprint density at radius 3 is 2.70 bits per heavy atom. The second-order valence-corrected chi connectivity index (χ2v) is 6.44. The maximum atomic E-state index is 4.54. The second-order valence-electron chi connectivity index (χ2n) is 5.34. The lowest BCUT2D eigenvalue weighted by Gasteiger charge is -2.16. The highest BCUT2D eigenvalue weighted by Crippen LogP contribution is 2.29. The quantitative estimate of drug-likeness (QED) is 0.877. The molecule has 1 aromatic carbocycles. The zero-order valence-corrected chi connectivity index (χ0v) is 12.9. The molecule has 0 amide bonds. The van der Waals surface area contributed by atoms with E-state index in [4.69, 9.17) is 0 Å². The molecule has 1 fully saturated rings. The molecule has 3 rings (SSSR count). The summed E-state index contributed by atoms with van der Waals surface area (Å²) in [6, 6.07) is 9.47. The number of hydrogen-bond donors (Lipinski definition) is 1. The number of nitrogens with zero attached hydrogens (tertiary/aromatic N) is 2. The van der Waals surface area contributed by atoms with E-state index in [-0.39, 0.29) is 0 Å². The first-order valence-electron chi connectivity index (χ1n) is 7.27. The van der Waals surface area contributed by atoms with E-state index >= 15 is 0 Å². The van der Waals surface area contributed by atoms with Crippen LogP contribution in [0.1, 0.15) is 30.2 Å². The molecule has 1 heterocycles. The van der Waals surface area contributed by atoms with Crippen molar-refractivity contribution in [1.82, 2.24) is 10.3 Å². The summed E-state index contributed by atoms with van der Waals surface area (Å²) in [7, 11) is 2.08. The summed E-state index contributed by atoms with van der Waals surface area (Å²) in [5, 5.41) is 4.59. The van der Waals surface area contributed by atoms with Crippen LogP contribution in [0.3, 0.4) is 0 Å². The van der Waals surface area contributed by atoms with Gasteiger partial charge in [-0.3, -0.25) is 0 Å². The van der Waals surface area contributed by atoms with Gasteiger partial charge in [-0.25, -0.2) is 4.98 Å². The minimum absolute atomic E-state index is 0.750. The van der Waals surface area contributed by atoms with Crippen molar-refractivity contribution in [2.24, 2.45) is 0 Å². The van der Waals surface area contributed by atoms with Crippen LogP contribution in [-0.2, 0) is 13.0 Å². The summed E-state index contributed by atoms with van der Waals surface area (Å²) in [4.78, 5) is 8.00. The summed E-state index contributed by atoms with van der Waals surface area (Å²) < 4.78 is 0. The fourth-order valence-corrected chi connectivity index (χ4v) is 2.98. The Labute approximate surface area is 124 Å². The number of benzene rings is 1. The van der Waals surface area contributed by atoms with E-state index in [1.165, 1.54) is 29.0 Å². The van der Waals surface area contributed by atoms with Crippen molar-refractivity contribution in [3.05, 3.63) is 40.9 Å².